The second kappa shape index (κ2) is 14.6. The number of hydrogen-bond donors (Lipinski definition) is 2. The first kappa shape index (κ1) is 35.4. The number of rotatable bonds is 10. The Morgan fingerprint density at radius 2 is 1.67 bits per heavy atom. The molecule has 0 radical (unpaired) electrons. The molecular formula is C31H48O11. The van der Waals surface area contributed by atoms with Gasteiger partial charge in [0.15, 0.2) is 0 Å². The Balaban J connectivity index is 2.45. The van der Waals surface area contributed by atoms with Gasteiger partial charge in [-0.15, -0.1) is 0 Å². The van der Waals surface area contributed by atoms with Gasteiger partial charge in [-0.25, -0.2) is 4.89 Å². The normalized spacial score (nSPS) is 29.5. The topological polar surface area (TPSA) is 155 Å². The van der Waals surface area contributed by atoms with E-state index in [0.717, 1.165) is 6.42 Å². The maximum Gasteiger partial charge on any atom is 0.309 e. The zero-order chi connectivity index (χ0) is 31.9. The van der Waals surface area contributed by atoms with Crippen LogP contribution in [-0.4, -0.2) is 71.4 Å². The smallest absolute Gasteiger partial charge is 0.309 e. The lowest BCUT2D eigenvalue weighted by atomic mass is 9.67. The molecule has 0 amide bonds. The maximum absolute atomic E-state index is 12.7. The van der Waals surface area contributed by atoms with E-state index in [9.17, 15) is 29.5 Å². The van der Waals surface area contributed by atoms with Gasteiger partial charge in [0.05, 0.1) is 25.6 Å². The van der Waals surface area contributed by atoms with Gasteiger partial charge in [0.25, 0.3) is 0 Å². The van der Waals surface area contributed by atoms with Gasteiger partial charge >= 0.3 is 23.9 Å². The van der Waals surface area contributed by atoms with Crippen molar-refractivity contribution in [2.45, 2.75) is 116 Å². The van der Waals surface area contributed by atoms with Crippen LogP contribution in [0.25, 0.3) is 0 Å². The fourth-order valence-corrected chi connectivity index (χ4v) is 6.56. The van der Waals surface area contributed by atoms with E-state index >= 15 is 0 Å². The van der Waals surface area contributed by atoms with E-state index in [2.05, 4.69) is 18.2 Å². The van der Waals surface area contributed by atoms with Crippen LogP contribution in [0.2, 0.25) is 0 Å². The van der Waals surface area contributed by atoms with Gasteiger partial charge in [-0.1, -0.05) is 13.5 Å². The molecule has 0 spiro atoms. The summed E-state index contributed by atoms with van der Waals surface area (Å²) in [5, 5.41) is 20.1. The van der Waals surface area contributed by atoms with E-state index in [-0.39, 0.29) is 30.8 Å². The summed E-state index contributed by atoms with van der Waals surface area (Å²) in [6, 6.07) is 0. The Labute approximate surface area is 248 Å². The molecule has 0 bridgehead atoms. The first-order valence-corrected chi connectivity index (χ1v) is 14.4. The van der Waals surface area contributed by atoms with Crippen LogP contribution < -0.4 is 0 Å². The number of aliphatic hydroxyl groups is 1. The second-order valence-electron chi connectivity index (χ2n) is 12.7. The Bertz CT molecular complexity index is 1040. The first-order chi connectivity index (χ1) is 19.4. The molecule has 0 aliphatic heterocycles. The van der Waals surface area contributed by atoms with Crippen LogP contribution >= 0.6 is 0 Å². The zero-order valence-corrected chi connectivity index (χ0v) is 26.0. The number of carbonyl (C=O) groups excluding carboxylic acids is 4. The Morgan fingerprint density at radius 3 is 2.24 bits per heavy atom. The van der Waals surface area contributed by atoms with Gasteiger partial charge in [0.2, 0.25) is 0 Å². The third-order valence-electron chi connectivity index (χ3n) is 8.74. The minimum atomic E-state index is -1.66. The average molecular weight is 597 g/mol. The largest absolute Gasteiger partial charge is 0.469 e. The van der Waals surface area contributed by atoms with Crippen molar-refractivity contribution in [2.24, 2.45) is 17.3 Å². The fourth-order valence-electron chi connectivity index (χ4n) is 6.56. The lowest BCUT2D eigenvalue weighted by Crippen LogP contribution is -2.45. The number of esters is 4. The van der Waals surface area contributed by atoms with Crippen LogP contribution in [0.5, 0.6) is 0 Å². The number of ether oxygens (including phenoxy) is 4. The highest BCUT2D eigenvalue weighted by Crippen LogP contribution is 2.56. The van der Waals surface area contributed by atoms with Crippen molar-refractivity contribution in [1.29, 1.82) is 0 Å². The Morgan fingerprint density at radius 1 is 1.02 bits per heavy atom. The summed E-state index contributed by atoms with van der Waals surface area (Å²) in [5.74, 6) is -2.36. The molecule has 0 aromatic carbocycles. The van der Waals surface area contributed by atoms with Gasteiger partial charge in [-0.3, -0.25) is 24.4 Å². The van der Waals surface area contributed by atoms with Gasteiger partial charge in [-0.2, -0.15) is 0 Å². The van der Waals surface area contributed by atoms with Gasteiger partial charge in [-0.05, 0) is 82.4 Å². The summed E-state index contributed by atoms with van der Waals surface area (Å²) in [6.07, 6.45) is 2.85. The second-order valence-corrected chi connectivity index (χ2v) is 12.7. The van der Waals surface area contributed by atoms with Gasteiger partial charge < -0.3 is 24.1 Å². The molecule has 0 heterocycles. The highest BCUT2D eigenvalue weighted by molar-refractivity contribution is 5.74. The maximum atomic E-state index is 12.7. The van der Waals surface area contributed by atoms with Crippen LogP contribution in [-0.2, 0) is 43.0 Å². The highest BCUT2D eigenvalue weighted by Gasteiger charge is 2.55. The number of fused-ring (bicyclic) bond motifs is 1. The van der Waals surface area contributed by atoms with E-state index in [0.29, 0.717) is 43.3 Å². The molecule has 11 heteroatoms. The molecule has 6 atom stereocenters. The van der Waals surface area contributed by atoms with Crippen molar-refractivity contribution in [2.75, 3.05) is 13.7 Å². The van der Waals surface area contributed by atoms with E-state index in [1.165, 1.54) is 27.9 Å². The summed E-state index contributed by atoms with van der Waals surface area (Å²) >= 11 is 0. The minimum absolute atomic E-state index is 0.0572. The molecule has 2 aliphatic carbocycles. The molecule has 2 aliphatic rings. The van der Waals surface area contributed by atoms with Gasteiger partial charge in [0.1, 0.15) is 24.4 Å². The molecule has 1 saturated carbocycles. The Kier molecular flexibility index (Phi) is 12.3. The van der Waals surface area contributed by atoms with Crippen molar-refractivity contribution in [3.63, 3.8) is 0 Å². The molecule has 238 valence electrons. The van der Waals surface area contributed by atoms with E-state index < -0.39 is 53.2 Å². The molecule has 5 unspecified atom stereocenters. The predicted octanol–water partition coefficient (Wildman–Crippen LogP) is 4.45. The summed E-state index contributed by atoms with van der Waals surface area (Å²) < 4.78 is 21.8. The van der Waals surface area contributed by atoms with Crippen molar-refractivity contribution in [3.8, 4) is 0 Å². The van der Waals surface area contributed by atoms with Crippen molar-refractivity contribution < 1.29 is 53.4 Å². The van der Waals surface area contributed by atoms with Crippen LogP contribution in [0.4, 0.5) is 0 Å². The lowest BCUT2D eigenvalue weighted by Gasteiger charge is -2.43. The van der Waals surface area contributed by atoms with Crippen LogP contribution in [0.1, 0.15) is 92.9 Å². The van der Waals surface area contributed by atoms with E-state index in [4.69, 9.17) is 19.1 Å². The lowest BCUT2D eigenvalue weighted by molar-refractivity contribution is -0.270. The quantitative estimate of drug-likeness (QED) is 0.121. The fraction of sp³-hybridized carbons (Fsp3) is 0.742. The highest BCUT2D eigenvalue weighted by atomic mass is 17.1. The summed E-state index contributed by atoms with van der Waals surface area (Å²) in [7, 11) is 1.19. The molecule has 0 saturated heterocycles. The number of hydrogen-bond acceptors (Lipinski definition) is 11. The zero-order valence-electron chi connectivity index (χ0n) is 26.0. The molecule has 2 N–H and O–H groups in total. The average Bonchev–Trinajstić information content (AvgIpc) is 3.21. The summed E-state index contributed by atoms with van der Waals surface area (Å²) in [5.41, 5.74) is -1.69. The van der Waals surface area contributed by atoms with Crippen LogP contribution in [0.3, 0.4) is 0 Å². The number of carbonyl (C=O) groups is 4. The van der Waals surface area contributed by atoms with Crippen molar-refractivity contribution >= 4 is 23.9 Å². The third kappa shape index (κ3) is 9.64. The molecule has 42 heavy (non-hydrogen) atoms. The van der Waals surface area contributed by atoms with Crippen LogP contribution in [0, 0.1) is 17.3 Å². The molecule has 1 fully saturated rings. The first-order valence-electron chi connectivity index (χ1n) is 14.4. The number of methoxy groups -OCH3 is 1. The van der Waals surface area contributed by atoms with Crippen LogP contribution in [0.15, 0.2) is 23.8 Å². The Hall–Kier alpha value is -2.76. The van der Waals surface area contributed by atoms with Crippen molar-refractivity contribution in [1.82, 2.24) is 0 Å². The SMILES string of the molecule is C=C1CCC2C(C(C)(C)OC(C)=O)CC[C@]2(C)C(OC(C)=O)/C=C(\COC(=O)CC(C)(O)CC(=O)OC)CCC1OO. The monoisotopic (exact) mass is 596 g/mol. The molecule has 0 aromatic rings. The predicted molar refractivity (Wildman–Crippen MR) is 152 cm³/mol. The molecule has 11 nitrogen and oxygen atoms in total. The molecular weight excluding hydrogens is 548 g/mol. The third-order valence-corrected chi connectivity index (χ3v) is 8.74. The van der Waals surface area contributed by atoms with Gasteiger partial charge in [0, 0.05) is 25.2 Å². The molecule has 2 rings (SSSR count). The standard InChI is InChI=1S/C31H48O11/c1-19-9-11-24-23(29(4,5)41-21(3)33)13-14-31(24,7)26(40-20(2)32)15-22(10-12-25(19)42-37)18-39-28(35)17-30(6,36)16-27(34)38-8/h15,23-26,36-37H,1,9-14,16-18H2,2-8H3/b22-15-/t23?,24?,25?,26?,30?,31-/m0/s1. The minimum Gasteiger partial charge on any atom is -0.469 e. The van der Waals surface area contributed by atoms with E-state index in [1.807, 2.05) is 13.8 Å². The molecule has 0 aromatic heterocycles. The summed E-state index contributed by atoms with van der Waals surface area (Å²) in [4.78, 5) is 53.3. The van der Waals surface area contributed by atoms with E-state index in [1.54, 1.807) is 6.08 Å². The summed E-state index contributed by atoms with van der Waals surface area (Å²) in [6.45, 7) is 13.9. The van der Waals surface area contributed by atoms with Crippen molar-refractivity contribution in [3.05, 3.63) is 23.8 Å².